The standard InChI is InChI=1S/C15H17N3.C14H20Cl2O2.Ni/c1-10-7-11(2)15(12(3)8-10)18-13(4)14-9-16-5-6-17-14;1-13(2,3)7-9(15)10(16)8(14(4,5)6)12(18)11(7)17;/h5-9H,1-4H3;17-18H,1-6H3;/q;;+2/p-2. The van der Waals surface area contributed by atoms with Crippen LogP contribution in [0.25, 0.3) is 0 Å². The average molecular weight is 587 g/mol. The minimum Gasteiger partial charge on any atom is -0.873 e. The molecule has 0 spiro atoms. The van der Waals surface area contributed by atoms with Crippen LogP contribution in [0.1, 0.15) is 82.0 Å². The van der Waals surface area contributed by atoms with Crippen molar-refractivity contribution in [2.75, 3.05) is 0 Å². The Balaban J connectivity index is 0.000000360. The van der Waals surface area contributed by atoms with Crippen molar-refractivity contribution in [3.8, 4) is 11.5 Å². The molecule has 202 valence electrons. The van der Waals surface area contributed by atoms with Crippen LogP contribution >= 0.6 is 23.2 Å². The molecule has 0 aliphatic heterocycles. The molecular weight excluding hydrogens is 552 g/mol. The first-order valence-corrected chi connectivity index (χ1v) is 12.5. The van der Waals surface area contributed by atoms with E-state index in [1.54, 1.807) is 18.6 Å². The van der Waals surface area contributed by atoms with Gasteiger partial charge in [-0.15, -0.1) is 11.5 Å². The summed E-state index contributed by atoms with van der Waals surface area (Å²) in [4.78, 5) is 13.0. The van der Waals surface area contributed by atoms with Crippen LogP contribution in [0.3, 0.4) is 0 Å². The summed E-state index contributed by atoms with van der Waals surface area (Å²) in [5.74, 6) is -1.08. The maximum atomic E-state index is 12.2. The first-order chi connectivity index (χ1) is 16.5. The van der Waals surface area contributed by atoms with E-state index < -0.39 is 22.3 Å². The number of aromatic nitrogens is 2. The summed E-state index contributed by atoms with van der Waals surface area (Å²) in [6.07, 6.45) is 5.08. The SMILES string of the molecule is CC(=Nc1c(C)cc(C)cc1C)c1cnccn1.CC(C)(C)c1c([O-])c([O-])c(C(C)(C)C)c(Cl)c1Cl.[Ni+2]. The van der Waals surface area contributed by atoms with Crippen LogP contribution in [0.4, 0.5) is 5.69 Å². The molecule has 3 rings (SSSR count). The van der Waals surface area contributed by atoms with Crippen molar-refractivity contribution in [1.29, 1.82) is 0 Å². The third-order valence-electron chi connectivity index (χ3n) is 5.64. The molecule has 0 bridgehead atoms. The van der Waals surface area contributed by atoms with Crippen molar-refractivity contribution in [2.24, 2.45) is 4.99 Å². The van der Waals surface area contributed by atoms with E-state index in [1.807, 2.05) is 48.5 Å². The number of benzene rings is 2. The maximum absolute atomic E-state index is 12.2. The third-order valence-corrected chi connectivity index (χ3v) is 6.49. The van der Waals surface area contributed by atoms with Crippen LogP contribution in [-0.2, 0) is 27.3 Å². The topological polar surface area (TPSA) is 84.3 Å². The Labute approximate surface area is 241 Å². The minimum atomic E-state index is -0.540. The molecule has 0 N–H and O–H groups in total. The number of aryl methyl sites for hydroxylation is 3. The second-order valence-electron chi connectivity index (χ2n) is 11.1. The number of halogens is 2. The van der Waals surface area contributed by atoms with Gasteiger partial charge in [0.2, 0.25) is 0 Å². The van der Waals surface area contributed by atoms with Gasteiger partial charge in [-0.3, -0.25) is 15.0 Å². The van der Waals surface area contributed by atoms with Crippen LogP contribution in [-0.4, -0.2) is 15.7 Å². The van der Waals surface area contributed by atoms with Crippen molar-refractivity contribution < 1.29 is 26.7 Å². The number of aliphatic imine (C=N–C) groups is 1. The third kappa shape index (κ3) is 7.93. The molecule has 0 saturated heterocycles. The van der Waals surface area contributed by atoms with Crippen molar-refractivity contribution in [1.82, 2.24) is 9.97 Å². The van der Waals surface area contributed by atoms with Crippen LogP contribution in [0, 0.1) is 20.8 Å². The molecule has 0 unspecified atom stereocenters. The van der Waals surface area contributed by atoms with E-state index >= 15 is 0 Å². The molecule has 0 amide bonds. The molecular formula is C29H35Cl2N3NiO2. The van der Waals surface area contributed by atoms with Gasteiger partial charge in [0.25, 0.3) is 0 Å². The van der Waals surface area contributed by atoms with E-state index in [1.165, 1.54) is 16.7 Å². The van der Waals surface area contributed by atoms with Gasteiger partial charge in [-0.2, -0.15) is 0 Å². The zero-order chi connectivity index (χ0) is 27.6. The molecule has 0 aliphatic rings. The molecule has 0 aliphatic carbocycles. The molecule has 0 atom stereocenters. The normalized spacial score (nSPS) is 11.9. The minimum absolute atomic E-state index is 0. The van der Waals surface area contributed by atoms with Crippen LogP contribution in [0.2, 0.25) is 10.0 Å². The summed E-state index contributed by atoms with van der Waals surface area (Å²) >= 11 is 12.4. The van der Waals surface area contributed by atoms with Gasteiger partial charge >= 0.3 is 16.5 Å². The quantitative estimate of drug-likeness (QED) is 0.233. The Morgan fingerprint density at radius 2 is 1.24 bits per heavy atom. The van der Waals surface area contributed by atoms with Crippen molar-refractivity contribution in [2.45, 2.75) is 80.1 Å². The molecule has 3 aromatic rings. The van der Waals surface area contributed by atoms with E-state index in [2.05, 4.69) is 47.9 Å². The zero-order valence-electron chi connectivity index (χ0n) is 23.1. The first-order valence-electron chi connectivity index (χ1n) is 11.8. The monoisotopic (exact) mass is 585 g/mol. The summed E-state index contributed by atoms with van der Waals surface area (Å²) < 4.78 is 0. The van der Waals surface area contributed by atoms with Crippen LogP contribution in [0.5, 0.6) is 11.5 Å². The molecule has 1 aromatic heterocycles. The van der Waals surface area contributed by atoms with Crippen LogP contribution < -0.4 is 10.2 Å². The van der Waals surface area contributed by atoms with Crippen molar-refractivity contribution in [3.05, 3.63) is 74.3 Å². The van der Waals surface area contributed by atoms with Crippen molar-refractivity contribution >= 4 is 34.6 Å². The summed E-state index contributed by atoms with van der Waals surface area (Å²) in [5.41, 5.74) is 5.96. The van der Waals surface area contributed by atoms with Gasteiger partial charge in [0.1, 0.15) is 5.69 Å². The zero-order valence-corrected chi connectivity index (χ0v) is 25.6. The fourth-order valence-electron chi connectivity index (χ4n) is 4.05. The van der Waals surface area contributed by atoms with E-state index in [9.17, 15) is 10.2 Å². The average Bonchev–Trinajstić information content (AvgIpc) is 2.74. The Bertz CT molecular complexity index is 1180. The van der Waals surface area contributed by atoms with Crippen molar-refractivity contribution in [3.63, 3.8) is 0 Å². The number of rotatable bonds is 2. The second-order valence-corrected chi connectivity index (χ2v) is 11.8. The summed E-state index contributed by atoms with van der Waals surface area (Å²) in [6.45, 7) is 19.2. The Kier molecular flexibility index (Phi) is 11.2. The van der Waals surface area contributed by atoms with Crippen LogP contribution in [0.15, 0.2) is 35.7 Å². The van der Waals surface area contributed by atoms with E-state index in [0.29, 0.717) is 11.1 Å². The maximum Gasteiger partial charge on any atom is 2.00 e. The Morgan fingerprint density at radius 1 is 0.811 bits per heavy atom. The predicted molar refractivity (Wildman–Crippen MR) is 147 cm³/mol. The molecule has 1 heterocycles. The number of hydrogen-bond acceptors (Lipinski definition) is 5. The fraction of sp³-hybridized carbons (Fsp3) is 0.414. The van der Waals surface area contributed by atoms with E-state index in [4.69, 9.17) is 23.2 Å². The van der Waals surface area contributed by atoms with Gasteiger partial charge in [-0.25, -0.2) is 0 Å². The molecule has 0 saturated carbocycles. The fourth-order valence-corrected chi connectivity index (χ4v) is 4.97. The molecule has 0 radical (unpaired) electrons. The number of nitrogens with zero attached hydrogens (tertiary/aromatic N) is 3. The van der Waals surface area contributed by atoms with Gasteiger partial charge in [-0.05, 0) is 60.8 Å². The first kappa shape index (κ1) is 32.9. The van der Waals surface area contributed by atoms with E-state index in [-0.39, 0.29) is 26.5 Å². The smallest absolute Gasteiger partial charge is 0.873 e. The number of hydrogen-bond donors (Lipinski definition) is 0. The molecule has 8 heteroatoms. The predicted octanol–water partition coefficient (Wildman–Crippen LogP) is 7.28. The molecule has 37 heavy (non-hydrogen) atoms. The largest absolute Gasteiger partial charge is 2.00 e. The second kappa shape index (κ2) is 12.6. The van der Waals surface area contributed by atoms with Gasteiger partial charge in [-0.1, -0.05) is 82.4 Å². The van der Waals surface area contributed by atoms with Gasteiger partial charge in [0.05, 0.1) is 27.6 Å². The molecule has 2 aromatic carbocycles. The van der Waals surface area contributed by atoms with Gasteiger partial charge < -0.3 is 10.2 Å². The molecule has 5 nitrogen and oxygen atoms in total. The summed E-state index contributed by atoms with van der Waals surface area (Å²) in [5, 5.41) is 24.8. The summed E-state index contributed by atoms with van der Waals surface area (Å²) in [7, 11) is 0. The Hall–Kier alpha value is -2.14. The van der Waals surface area contributed by atoms with Gasteiger partial charge in [0, 0.05) is 12.4 Å². The summed E-state index contributed by atoms with van der Waals surface area (Å²) in [6, 6.07) is 4.30. The van der Waals surface area contributed by atoms with E-state index in [0.717, 1.165) is 17.1 Å². The Morgan fingerprint density at radius 3 is 1.59 bits per heavy atom. The van der Waals surface area contributed by atoms with Gasteiger partial charge in [0.15, 0.2) is 0 Å². The molecule has 0 fully saturated rings.